The van der Waals surface area contributed by atoms with Gasteiger partial charge in [-0.05, 0) is 29.1 Å². The van der Waals surface area contributed by atoms with E-state index in [0.29, 0.717) is 13.2 Å². The van der Waals surface area contributed by atoms with E-state index in [9.17, 15) is 0 Å². The number of hydrogen-bond acceptors (Lipinski definition) is 4. The Balaban J connectivity index is 1.89. The lowest BCUT2D eigenvalue weighted by atomic mass is 10.1. The first-order chi connectivity index (χ1) is 9.38. The molecule has 2 N–H and O–H groups in total. The maximum atomic E-state index is 5.81. The van der Waals surface area contributed by atoms with Crippen molar-refractivity contribution in [1.29, 1.82) is 0 Å². The van der Waals surface area contributed by atoms with Crippen molar-refractivity contribution in [1.82, 2.24) is 4.98 Å². The summed E-state index contributed by atoms with van der Waals surface area (Å²) in [5.74, 6) is 0.784. The third-order valence-electron chi connectivity index (χ3n) is 3.01. The van der Waals surface area contributed by atoms with Crippen LogP contribution in [0.3, 0.4) is 0 Å². The number of fused-ring (bicyclic) bond motifs is 1. The second-order valence-electron chi connectivity index (χ2n) is 4.23. The molecule has 0 saturated heterocycles. The van der Waals surface area contributed by atoms with Crippen molar-refractivity contribution in [2.24, 2.45) is 5.73 Å². The Morgan fingerprint density at radius 1 is 1.16 bits per heavy atom. The number of nitrogens with zero attached hydrogens (tertiary/aromatic N) is 1. The Bertz CT molecular complexity index is 679. The van der Waals surface area contributed by atoms with Crippen LogP contribution in [-0.4, -0.2) is 4.98 Å². The Morgan fingerprint density at radius 3 is 2.89 bits per heavy atom. The molecular formula is C15H14N2OS. The van der Waals surface area contributed by atoms with E-state index in [1.165, 1.54) is 21.2 Å². The van der Waals surface area contributed by atoms with E-state index in [1.54, 1.807) is 23.7 Å². The van der Waals surface area contributed by atoms with Gasteiger partial charge in [0, 0.05) is 28.4 Å². The van der Waals surface area contributed by atoms with Gasteiger partial charge < -0.3 is 10.5 Å². The molecule has 0 aliphatic rings. The molecule has 0 fully saturated rings. The molecule has 0 unspecified atom stereocenters. The molecule has 3 rings (SSSR count). The van der Waals surface area contributed by atoms with Crippen LogP contribution in [0, 0.1) is 0 Å². The van der Waals surface area contributed by atoms with E-state index < -0.39 is 0 Å². The monoisotopic (exact) mass is 270 g/mol. The zero-order valence-corrected chi connectivity index (χ0v) is 11.2. The van der Waals surface area contributed by atoms with Crippen LogP contribution >= 0.6 is 11.3 Å². The predicted molar refractivity (Wildman–Crippen MR) is 78.3 cm³/mol. The fraction of sp³-hybridized carbons (Fsp3) is 0.133. The van der Waals surface area contributed by atoms with E-state index in [2.05, 4.69) is 22.5 Å². The zero-order chi connectivity index (χ0) is 13.1. The van der Waals surface area contributed by atoms with E-state index >= 15 is 0 Å². The maximum absolute atomic E-state index is 5.81. The molecule has 2 heterocycles. The van der Waals surface area contributed by atoms with E-state index in [-0.39, 0.29) is 0 Å². The third kappa shape index (κ3) is 2.45. The number of rotatable bonds is 4. The highest BCUT2D eigenvalue weighted by Gasteiger charge is 2.08. The topological polar surface area (TPSA) is 48.1 Å². The van der Waals surface area contributed by atoms with Crippen LogP contribution in [0.4, 0.5) is 0 Å². The van der Waals surface area contributed by atoms with Crippen molar-refractivity contribution in [3.63, 3.8) is 0 Å². The van der Waals surface area contributed by atoms with E-state index in [1.807, 2.05) is 18.2 Å². The summed E-state index contributed by atoms with van der Waals surface area (Å²) >= 11 is 1.73. The van der Waals surface area contributed by atoms with Gasteiger partial charge in [-0.3, -0.25) is 4.98 Å². The van der Waals surface area contributed by atoms with Crippen LogP contribution < -0.4 is 10.5 Å². The van der Waals surface area contributed by atoms with E-state index in [4.69, 9.17) is 10.5 Å². The van der Waals surface area contributed by atoms with Crippen molar-refractivity contribution in [3.05, 3.63) is 59.2 Å². The molecule has 3 nitrogen and oxygen atoms in total. The highest BCUT2D eigenvalue weighted by atomic mass is 32.1. The average Bonchev–Trinajstić information content (AvgIpc) is 2.89. The number of aromatic nitrogens is 1. The highest BCUT2D eigenvalue weighted by molar-refractivity contribution is 7.17. The number of thiophene rings is 1. The summed E-state index contributed by atoms with van der Waals surface area (Å²) in [6.45, 7) is 1.09. The average molecular weight is 270 g/mol. The van der Waals surface area contributed by atoms with Crippen molar-refractivity contribution in [2.45, 2.75) is 13.2 Å². The van der Waals surface area contributed by atoms with Gasteiger partial charge in [-0.2, -0.15) is 0 Å². The number of hydrogen-bond donors (Lipinski definition) is 1. The Kier molecular flexibility index (Phi) is 3.44. The second-order valence-corrected chi connectivity index (χ2v) is 5.14. The maximum Gasteiger partial charge on any atom is 0.138 e. The molecule has 0 radical (unpaired) electrons. The fourth-order valence-electron chi connectivity index (χ4n) is 2.10. The minimum absolute atomic E-state index is 0.544. The van der Waals surface area contributed by atoms with Gasteiger partial charge in [0.25, 0.3) is 0 Å². The smallest absolute Gasteiger partial charge is 0.138 e. The third-order valence-corrected chi connectivity index (χ3v) is 4.01. The first-order valence-corrected chi connectivity index (χ1v) is 6.97. The molecule has 1 aromatic carbocycles. The Hall–Kier alpha value is -1.91. The normalized spacial score (nSPS) is 10.8. The molecule has 4 heteroatoms. The summed E-state index contributed by atoms with van der Waals surface area (Å²) in [7, 11) is 0. The van der Waals surface area contributed by atoms with Crippen LogP contribution in [0.15, 0.2) is 48.1 Å². The van der Waals surface area contributed by atoms with Gasteiger partial charge in [-0.15, -0.1) is 11.3 Å². The van der Waals surface area contributed by atoms with Gasteiger partial charge in [0.1, 0.15) is 12.4 Å². The zero-order valence-electron chi connectivity index (χ0n) is 10.4. The number of nitrogens with two attached hydrogens (primary N) is 1. The quantitative estimate of drug-likeness (QED) is 0.791. The molecule has 0 aliphatic heterocycles. The lowest BCUT2D eigenvalue weighted by molar-refractivity contribution is 0.307. The second kappa shape index (κ2) is 5.38. The molecule has 0 aliphatic carbocycles. The van der Waals surface area contributed by atoms with Crippen LogP contribution in [0.1, 0.15) is 11.1 Å². The standard InChI is InChI=1S/C15H14N2OS/c16-7-11-3-1-5-14-15(11)12(10-19-14)9-18-13-4-2-6-17-8-13/h1-6,8,10H,7,9,16H2. The summed E-state index contributed by atoms with van der Waals surface area (Å²) in [6, 6.07) is 10.0. The summed E-state index contributed by atoms with van der Waals surface area (Å²) < 4.78 is 7.02. The van der Waals surface area contributed by atoms with Crippen molar-refractivity contribution >= 4 is 21.4 Å². The van der Waals surface area contributed by atoms with Crippen LogP contribution in [-0.2, 0) is 13.2 Å². The van der Waals surface area contributed by atoms with Crippen molar-refractivity contribution in [3.8, 4) is 5.75 Å². The summed E-state index contributed by atoms with van der Waals surface area (Å²) in [4.78, 5) is 4.04. The molecule has 0 atom stereocenters. The molecule has 0 bridgehead atoms. The first kappa shape index (κ1) is 12.1. The molecule has 0 spiro atoms. The van der Waals surface area contributed by atoms with Gasteiger partial charge >= 0.3 is 0 Å². The molecule has 3 aromatic rings. The number of ether oxygens (including phenoxy) is 1. The highest BCUT2D eigenvalue weighted by Crippen LogP contribution is 2.29. The van der Waals surface area contributed by atoms with Gasteiger partial charge in [-0.25, -0.2) is 0 Å². The molecule has 19 heavy (non-hydrogen) atoms. The van der Waals surface area contributed by atoms with Crippen LogP contribution in [0.5, 0.6) is 5.75 Å². The molecule has 96 valence electrons. The summed E-state index contributed by atoms with van der Waals surface area (Å²) in [5, 5.41) is 3.37. The summed E-state index contributed by atoms with van der Waals surface area (Å²) in [5.41, 5.74) is 8.16. The van der Waals surface area contributed by atoms with Crippen LogP contribution in [0.2, 0.25) is 0 Å². The van der Waals surface area contributed by atoms with Gasteiger partial charge in [0.2, 0.25) is 0 Å². The largest absolute Gasteiger partial charge is 0.487 e. The number of benzene rings is 1. The predicted octanol–water partition coefficient (Wildman–Crippen LogP) is 3.33. The number of pyridine rings is 1. The fourth-order valence-corrected chi connectivity index (χ4v) is 3.09. The van der Waals surface area contributed by atoms with Gasteiger partial charge in [0.15, 0.2) is 0 Å². The SMILES string of the molecule is NCc1cccc2scc(COc3cccnc3)c12. The van der Waals surface area contributed by atoms with E-state index in [0.717, 1.165) is 5.75 Å². The Labute approximate surface area is 115 Å². The molecule has 0 saturated carbocycles. The van der Waals surface area contributed by atoms with Gasteiger partial charge in [0.05, 0.1) is 6.20 Å². The Morgan fingerprint density at radius 2 is 2.11 bits per heavy atom. The first-order valence-electron chi connectivity index (χ1n) is 6.09. The van der Waals surface area contributed by atoms with Crippen molar-refractivity contribution in [2.75, 3.05) is 0 Å². The van der Waals surface area contributed by atoms with Crippen molar-refractivity contribution < 1.29 is 4.74 Å². The van der Waals surface area contributed by atoms with Crippen LogP contribution in [0.25, 0.3) is 10.1 Å². The minimum atomic E-state index is 0.544. The minimum Gasteiger partial charge on any atom is -0.487 e. The van der Waals surface area contributed by atoms with Gasteiger partial charge in [-0.1, -0.05) is 12.1 Å². The lowest BCUT2D eigenvalue weighted by Crippen LogP contribution is -1.99. The lowest BCUT2D eigenvalue weighted by Gasteiger charge is -2.06. The molecule has 2 aromatic heterocycles. The summed E-state index contributed by atoms with van der Waals surface area (Å²) in [6.07, 6.45) is 3.46. The molecule has 0 amide bonds. The molecular weight excluding hydrogens is 256 g/mol.